The van der Waals surface area contributed by atoms with Gasteiger partial charge in [0, 0.05) is 20.2 Å². The first kappa shape index (κ1) is 15.5. The van der Waals surface area contributed by atoms with Crippen LogP contribution in [-0.2, 0) is 4.74 Å². The lowest BCUT2D eigenvalue weighted by Crippen LogP contribution is -2.13. The number of hydrogen-bond acceptors (Lipinski definition) is 6. The molecular formula is C13H24N4O2. The minimum absolute atomic E-state index is 0.618. The maximum absolute atomic E-state index is 5.53. The average molecular weight is 268 g/mol. The maximum atomic E-state index is 5.53. The van der Waals surface area contributed by atoms with E-state index in [1.807, 2.05) is 0 Å². The topological polar surface area (TPSA) is 68.3 Å². The molecule has 0 spiro atoms. The first-order valence-electron chi connectivity index (χ1n) is 6.57. The molecule has 0 unspecified atom stereocenters. The summed E-state index contributed by atoms with van der Waals surface area (Å²) in [6, 6.07) is 0. The minimum Gasteiger partial charge on any atom is -0.490 e. The van der Waals surface area contributed by atoms with Gasteiger partial charge in [0.05, 0.1) is 13.7 Å². The van der Waals surface area contributed by atoms with Crippen LogP contribution in [0.15, 0.2) is 6.33 Å². The molecule has 108 valence electrons. The molecule has 6 heteroatoms. The van der Waals surface area contributed by atoms with Crippen LogP contribution in [-0.4, -0.2) is 43.9 Å². The van der Waals surface area contributed by atoms with Gasteiger partial charge >= 0.3 is 0 Å². The normalized spacial score (nSPS) is 10.6. The summed E-state index contributed by atoms with van der Waals surface area (Å²) < 4.78 is 10.8. The van der Waals surface area contributed by atoms with Gasteiger partial charge in [-0.25, -0.2) is 9.97 Å². The van der Waals surface area contributed by atoms with Gasteiger partial charge in [-0.05, 0) is 12.3 Å². The van der Waals surface area contributed by atoms with Crippen LogP contribution in [0.2, 0.25) is 0 Å². The Morgan fingerprint density at radius 1 is 1.21 bits per heavy atom. The zero-order chi connectivity index (χ0) is 14.1. The van der Waals surface area contributed by atoms with E-state index in [4.69, 9.17) is 9.47 Å². The molecule has 0 saturated heterocycles. The average Bonchev–Trinajstić information content (AvgIpc) is 2.41. The van der Waals surface area contributed by atoms with Crippen molar-refractivity contribution in [2.75, 3.05) is 44.5 Å². The number of ether oxygens (including phenoxy) is 2. The van der Waals surface area contributed by atoms with Crippen molar-refractivity contribution >= 4 is 11.6 Å². The van der Waals surface area contributed by atoms with E-state index in [1.165, 1.54) is 6.33 Å². The molecule has 0 bridgehead atoms. The van der Waals surface area contributed by atoms with Gasteiger partial charge in [0.2, 0.25) is 5.75 Å². The summed E-state index contributed by atoms with van der Waals surface area (Å²) in [6.07, 6.45) is 2.58. The number of methoxy groups -OCH3 is 1. The summed E-state index contributed by atoms with van der Waals surface area (Å²) >= 11 is 0. The SMILES string of the molecule is CNc1ncnc(NCCOCCC(C)C)c1OC. The number of rotatable bonds is 9. The Morgan fingerprint density at radius 2 is 1.95 bits per heavy atom. The van der Waals surface area contributed by atoms with Crippen LogP contribution < -0.4 is 15.4 Å². The van der Waals surface area contributed by atoms with Crippen molar-refractivity contribution in [3.63, 3.8) is 0 Å². The van der Waals surface area contributed by atoms with E-state index in [0.29, 0.717) is 36.5 Å². The zero-order valence-corrected chi connectivity index (χ0v) is 12.2. The van der Waals surface area contributed by atoms with Crippen molar-refractivity contribution in [2.45, 2.75) is 20.3 Å². The van der Waals surface area contributed by atoms with Gasteiger partial charge in [0.1, 0.15) is 6.33 Å². The minimum atomic E-state index is 0.618. The lowest BCUT2D eigenvalue weighted by atomic mass is 10.1. The highest BCUT2D eigenvalue weighted by Crippen LogP contribution is 2.27. The van der Waals surface area contributed by atoms with Crippen LogP contribution in [0.25, 0.3) is 0 Å². The van der Waals surface area contributed by atoms with Crippen LogP contribution in [0.3, 0.4) is 0 Å². The molecule has 1 aromatic rings. The Bertz CT molecular complexity index is 372. The third-order valence-electron chi connectivity index (χ3n) is 2.62. The molecule has 0 aliphatic carbocycles. The molecule has 1 aromatic heterocycles. The second-order valence-electron chi connectivity index (χ2n) is 4.58. The van der Waals surface area contributed by atoms with Crippen molar-refractivity contribution in [1.29, 1.82) is 0 Å². The second-order valence-corrected chi connectivity index (χ2v) is 4.58. The molecule has 0 fully saturated rings. The van der Waals surface area contributed by atoms with Crippen molar-refractivity contribution in [3.05, 3.63) is 6.33 Å². The van der Waals surface area contributed by atoms with Crippen LogP contribution >= 0.6 is 0 Å². The molecule has 1 rings (SSSR count). The molecular weight excluding hydrogens is 244 g/mol. The lowest BCUT2D eigenvalue weighted by Gasteiger charge is -2.13. The highest BCUT2D eigenvalue weighted by Gasteiger charge is 2.09. The van der Waals surface area contributed by atoms with Crippen LogP contribution in [0.5, 0.6) is 5.75 Å². The first-order valence-corrected chi connectivity index (χ1v) is 6.57. The fraction of sp³-hybridized carbons (Fsp3) is 0.692. The highest BCUT2D eigenvalue weighted by molar-refractivity contribution is 5.63. The summed E-state index contributed by atoms with van der Waals surface area (Å²) in [7, 11) is 3.40. The van der Waals surface area contributed by atoms with E-state index < -0.39 is 0 Å². The third-order valence-corrected chi connectivity index (χ3v) is 2.62. The Balaban J connectivity index is 2.37. The van der Waals surface area contributed by atoms with Crippen LogP contribution in [0.1, 0.15) is 20.3 Å². The lowest BCUT2D eigenvalue weighted by molar-refractivity contribution is 0.132. The van der Waals surface area contributed by atoms with Crippen molar-refractivity contribution in [3.8, 4) is 5.75 Å². The second kappa shape index (κ2) is 8.53. The van der Waals surface area contributed by atoms with Crippen LogP contribution in [0, 0.1) is 5.92 Å². The van der Waals surface area contributed by atoms with Gasteiger partial charge in [0.25, 0.3) is 0 Å². The summed E-state index contributed by atoms with van der Waals surface area (Å²) in [4.78, 5) is 8.25. The van der Waals surface area contributed by atoms with E-state index in [1.54, 1.807) is 14.2 Å². The number of hydrogen-bond donors (Lipinski definition) is 2. The predicted octanol–water partition coefficient (Wildman–Crippen LogP) is 2.00. The molecule has 0 saturated carbocycles. The molecule has 1 heterocycles. The van der Waals surface area contributed by atoms with E-state index in [2.05, 4.69) is 34.4 Å². The third kappa shape index (κ3) is 5.30. The standard InChI is InChI=1S/C13H24N4O2/c1-10(2)5-7-19-8-6-15-13-11(18-4)12(14-3)16-9-17-13/h9-10H,5-8H2,1-4H3,(H2,14,15,16,17). The fourth-order valence-electron chi connectivity index (χ4n) is 1.53. The summed E-state index contributed by atoms with van der Waals surface area (Å²) in [5.41, 5.74) is 0. The Hall–Kier alpha value is -1.56. The predicted molar refractivity (Wildman–Crippen MR) is 76.9 cm³/mol. The molecule has 0 radical (unpaired) electrons. The Morgan fingerprint density at radius 3 is 2.58 bits per heavy atom. The van der Waals surface area contributed by atoms with Gasteiger partial charge in [-0.2, -0.15) is 0 Å². The van der Waals surface area contributed by atoms with E-state index in [0.717, 1.165) is 13.0 Å². The smallest absolute Gasteiger partial charge is 0.204 e. The quantitative estimate of drug-likeness (QED) is 0.668. The number of nitrogens with one attached hydrogen (secondary N) is 2. The molecule has 0 atom stereocenters. The summed E-state index contributed by atoms with van der Waals surface area (Å²) in [5.74, 6) is 2.63. The molecule has 0 amide bonds. The van der Waals surface area contributed by atoms with Gasteiger partial charge in [-0.1, -0.05) is 13.8 Å². The molecule has 0 aliphatic rings. The largest absolute Gasteiger partial charge is 0.490 e. The molecule has 19 heavy (non-hydrogen) atoms. The highest BCUT2D eigenvalue weighted by atomic mass is 16.5. The molecule has 0 aromatic carbocycles. The van der Waals surface area contributed by atoms with Gasteiger partial charge in [-0.15, -0.1) is 0 Å². The van der Waals surface area contributed by atoms with E-state index in [9.17, 15) is 0 Å². The fourth-order valence-corrected chi connectivity index (χ4v) is 1.53. The van der Waals surface area contributed by atoms with Crippen molar-refractivity contribution < 1.29 is 9.47 Å². The van der Waals surface area contributed by atoms with Crippen LogP contribution in [0.4, 0.5) is 11.6 Å². The summed E-state index contributed by atoms with van der Waals surface area (Å²) in [5, 5.41) is 6.15. The van der Waals surface area contributed by atoms with E-state index in [-0.39, 0.29) is 0 Å². The van der Waals surface area contributed by atoms with Gasteiger partial charge < -0.3 is 20.1 Å². The first-order chi connectivity index (χ1) is 9.19. The molecule has 0 aliphatic heterocycles. The van der Waals surface area contributed by atoms with Crippen molar-refractivity contribution in [1.82, 2.24) is 9.97 Å². The number of aromatic nitrogens is 2. The maximum Gasteiger partial charge on any atom is 0.204 e. The van der Waals surface area contributed by atoms with Gasteiger partial charge in [0.15, 0.2) is 11.6 Å². The monoisotopic (exact) mass is 268 g/mol. The summed E-state index contributed by atoms with van der Waals surface area (Å²) in [6.45, 7) is 6.50. The zero-order valence-electron chi connectivity index (χ0n) is 12.2. The van der Waals surface area contributed by atoms with Crippen molar-refractivity contribution in [2.24, 2.45) is 5.92 Å². The van der Waals surface area contributed by atoms with E-state index >= 15 is 0 Å². The molecule has 6 nitrogen and oxygen atoms in total. The van der Waals surface area contributed by atoms with Gasteiger partial charge in [-0.3, -0.25) is 0 Å². The number of anilines is 2. The number of nitrogens with zero attached hydrogens (tertiary/aromatic N) is 2. The molecule has 2 N–H and O–H groups in total. The Labute approximate surface area is 114 Å². The Kier molecular flexibility index (Phi) is 6.95.